The van der Waals surface area contributed by atoms with E-state index >= 15 is 0 Å². The summed E-state index contributed by atoms with van der Waals surface area (Å²) < 4.78 is 4.87. The van der Waals surface area contributed by atoms with Gasteiger partial charge in [0.05, 0.1) is 41.4 Å². The molecule has 8 heteroatoms. The van der Waals surface area contributed by atoms with Gasteiger partial charge in [0, 0.05) is 19.3 Å². The van der Waals surface area contributed by atoms with Crippen LogP contribution in [0.15, 0.2) is 91.0 Å². The van der Waals surface area contributed by atoms with Crippen molar-refractivity contribution in [2.75, 3.05) is 6.61 Å². The highest BCUT2D eigenvalue weighted by molar-refractivity contribution is 6.06. The van der Waals surface area contributed by atoms with Gasteiger partial charge in [-0.05, 0) is 63.6 Å². The van der Waals surface area contributed by atoms with Gasteiger partial charge in [0.2, 0.25) is 0 Å². The molecule has 3 atom stereocenters. The Balaban J connectivity index is 0.000000246. The fourth-order valence-corrected chi connectivity index (χ4v) is 5.19. The highest BCUT2D eigenvalue weighted by Crippen LogP contribution is 2.35. The average molecular weight is 637 g/mol. The first-order valence-electron chi connectivity index (χ1n) is 15.7. The number of rotatable bonds is 10. The molecular formula is C39H44N2O6. The Morgan fingerprint density at radius 1 is 0.809 bits per heavy atom. The molecule has 1 aliphatic carbocycles. The summed E-state index contributed by atoms with van der Waals surface area (Å²) in [7, 11) is 0. The number of benzene rings is 3. The van der Waals surface area contributed by atoms with Crippen molar-refractivity contribution >= 4 is 23.5 Å². The number of ketones is 2. The van der Waals surface area contributed by atoms with Crippen molar-refractivity contribution in [1.29, 1.82) is 10.5 Å². The van der Waals surface area contributed by atoms with E-state index in [0.29, 0.717) is 32.3 Å². The lowest BCUT2D eigenvalue weighted by Crippen LogP contribution is -2.38. The first-order valence-corrected chi connectivity index (χ1v) is 15.7. The summed E-state index contributed by atoms with van der Waals surface area (Å²) in [6.07, 6.45) is 2.37. The van der Waals surface area contributed by atoms with Gasteiger partial charge in [-0.3, -0.25) is 19.2 Å². The van der Waals surface area contributed by atoms with Gasteiger partial charge < -0.3 is 9.84 Å². The van der Waals surface area contributed by atoms with Crippen LogP contribution in [0.1, 0.15) is 89.3 Å². The smallest absolute Gasteiger partial charge is 0.305 e. The number of carbonyl (C=O) groups excluding carboxylic acids is 3. The minimum atomic E-state index is -0.868. The molecule has 3 unspecified atom stereocenters. The predicted octanol–water partition coefficient (Wildman–Crippen LogP) is 7.41. The second kappa shape index (κ2) is 18.2. The molecule has 1 N–H and O–H groups in total. The molecule has 1 saturated carbocycles. The number of aliphatic carboxylic acids is 1. The van der Waals surface area contributed by atoms with Gasteiger partial charge in [-0.25, -0.2) is 0 Å². The Labute approximate surface area is 278 Å². The molecular weight excluding hydrogens is 592 g/mol. The number of ether oxygens (including phenoxy) is 1. The molecule has 1 aliphatic rings. The summed E-state index contributed by atoms with van der Waals surface area (Å²) >= 11 is 0. The Morgan fingerprint density at radius 2 is 1.26 bits per heavy atom. The molecule has 0 amide bonds. The number of Topliss-reactive ketones (excluding diaryl/α,β-unsaturated/α-hetero) is 2. The number of carboxylic acid groups (broad SMARTS) is 1. The lowest BCUT2D eigenvalue weighted by molar-refractivity contribution is -0.143. The van der Waals surface area contributed by atoms with Crippen LogP contribution in [-0.4, -0.2) is 35.2 Å². The maximum absolute atomic E-state index is 11.9. The predicted molar refractivity (Wildman–Crippen MR) is 179 cm³/mol. The van der Waals surface area contributed by atoms with Crippen LogP contribution < -0.4 is 0 Å². The number of esters is 1. The van der Waals surface area contributed by atoms with E-state index in [2.05, 4.69) is 12.1 Å². The van der Waals surface area contributed by atoms with Gasteiger partial charge in [0.1, 0.15) is 11.6 Å². The number of carboxylic acids is 1. The summed E-state index contributed by atoms with van der Waals surface area (Å²) in [5, 5.41) is 27.0. The van der Waals surface area contributed by atoms with Crippen LogP contribution in [0, 0.1) is 22.7 Å². The average Bonchev–Trinajstić information content (AvgIpc) is 3.10. The summed E-state index contributed by atoms with van der Waals surface area (Å²) in [6, 6.07) is 33.0. The van der Waals surface area contributed by atoms with Gasteiger partial charge >= 0.3 is 11.9 Å². The van der Waals surface area contributed by atoms with E-state index in [1.807, 2.05) is 105 Å². The Bertz CT molecular complexity index is 1560. The van der Waals surface area contributed by atoms with Gasteiger partial charge in [0.15, 0.2) is 0 Å². The Morgan fingerprint density at radius 3 is 1.66 bits per heavy atom. The third-order valence-electron chi connectivity index (χ3n) is 8.58. The molecule has 3 aromatic carbocycles. The molecule has 1 fully saturated rings. The largest absolute Gasteiger partial charge is 0.481 e. The molecule has 0 bridgehead atoms. The summed E-state index contributed by atoms with van der Waals surface area (Å²) in [5.41, 5.74) is 1.05. The molecule has 4 rings (SSSR count). The number of hydrogen-bond acceptors (Lipinski definition) is 7. The van der Waals surface area contributed by atoms with E-state index in [0.717, 1.165) is 16.7 Å². The van der Waals surface area contributed by atoms with Crippen LogP contribution in [0.3, 0.4) is 0 Å². The van der Waals surface area contributed by atoms with E-state index in [9.17, 15) is 24.4 Å². The van der Waals surface area contributed by atoms with Crippen LogP contribution in [0.25, 0.3) is 0 Å². The van der Waals surface area contributed by atoms with Gasteiger partial charge in [-0.2, -0.15) is 10.5 Å². The van der Waals surface area contributed by atoms with Crippen molar-refractivity contribution in [2.24, 2.45) is 0 Å². The molecule has 0 heterocycles. The zero-order chi connectivity index (χ0) is 34.9. The lowest BCUT2D eigenvalue weighted by atomic mass is 9.70. The van der Waals surface area contributed by atoms with Crippen molar-refractivity contribution in [1.82, 2.24) is 0 Å². The Hall–Kier alpha value is -5.08. The topological polar surface area (TPSA) is 145 Å². The Kier molecular flexibility index (Phi) is 14.7. The van der Waals surface area contributed by atoms with Gasteiger partial charge in [0.25, 0.3) is 0 Å². The zero-order valence-corrected chi connectivity index (χ0v) is 27.7. The molecule has 246 valence electrons. The quantitative estimate of drug-likeness (QED) is 0.179. The van der Waals surface area contributed by atoms with E-state index in [1.54, 1.807) is 13.8 Å². The second-order valence-corrected chi connectivity index (χ2v) is 12.2. The highest BCUT2D eigenvalue weighted by atomic mass is 16.5. The zero-order valence-electron chi connectivity index (χ0n) is 27.7. The van der Waals surface area contributed by atoms with Gasteiger partial charge in [-0.1, -0.05) is 91.0 Å². The first kappa shape index (κ1) is 38.1. The maximum Gasteiger partial charge on any atom is 0.305 e. The maximum atomic E-state index is 11.9. The van der Waals surface area contributed by atoms with Crippen molar-refractivity contribution in [3.8, 4) is 12.1 Å². The van der Waals surface area contributed by atoms with Crippen molar-refractivity contribution in [3.63, 3.8) is 0 Å². The SMILES string of the molecule is CC(C#N)(CCC(=O)O)c1ccccc1.CC1(c2ccccc2)CCC(=O)CC1=O.CCOC(=O)CCC(C)(C#N)c1ccccc1. The van der Waals surface area contributed by atoms with E-state index in [4.69, 9.17) is 15.1 Å². The second-order valence-electron chi connectivity index (χ2n) is 12.2. The van der Waals surface area contributed by atoms with Crippen molar-refractivity contribution in [3.05, 3.63) is 108 Å². The number of nitriles is 2. The molecule has 8 nitrogen and oxygen atoms in total. The fraction of sp³-hybridized carbons (Fsp3) is 0.385. The minimum Gasteiger partial charge on any atom is -0.481 e. The molecule has 0 radical (unpaired) electrons. The van der Waals surface area contributed by atoms with Crippen molar-refractivity contribution in [2.45, 2.75) is 88.9 Å². The standard InChI is InChI=1S/C14H17NO2.C13H14O2.C12H13NO2/c1-3-17-13(16)9-10-14(2,11-15)12-7-5-4-6-8-12;1-13(10-5-3-2-4-6-10)8-7-11(14)9-12(13)15;1-12(9-13,8-7-11(14)15)10-5-3-2-4-6-10/h4-8H,3,9-10H2,1-2H3;2-6H,7-9H2,1H3;2-6H,7-8H2,1H3,(H,14,15). The number of nitrogens with zero attached hydrogens (tertiary/aromatic N) is 2. The summed E-state index contributed by atoms with van der Waals surface area (Å²) in [5.74, 6) is -0.976. The molecule has 0 aliphatic heterocycles. The summed E-state index contributed by atoms with van der Waals surface area (Å²) in [6.45, 7) is 7.72. The van der Waals surface area contributed by atoms with E-state index < -0.39 is 22.2 Å². The lowest BCUT2D eigenvalue weighted by Gasteiger charge is -2.31. The third-order valence-corrected chi connectivity index (χ3v) is 8.58. The van der Waals surface area contributed by atoms with E-state index in [1.165, 1.54) is 0 Å². The van der Waals surface area contributed by atoms with E-state index in [-0.39, 0.29) is 36.8 Å². The van der Waals surface area contributed by atoms with Crippen LogP contribution in [0.5, 0.6) is 0 Å². The van der Waals surface area contributed by atoms with Crippen LogP contribution >= 0.6 is 0 Å². The van der Waals surface area contributed by atoms with Crippen molar-refractivity contribution < 1.29 is 29.0 Å². The third kappa shape index (κ3) is 11.3. The minimum absolute atomic E-state index is 0.0129. The van der Waals surface area contributed by atoms with Crippen LogP contribution in [-0.2, 0) is 40.2 Å². The molecule has 0 aromatic heterocycles. The van der Waals surface area contributed by atoms with Gasteiger partial charge in [-0.15, -0.1) is 0 Å². The van der Waals surface area contributed by atoms with Crippen LogP contribution in [0.2, 0.25) is 0 Å². The fourth-order valence-electron chi connectivity index (χ4n) is 5.19. The van der Waals surface area contributed by atoms with Crippen LogP contribution in [0.4, 0.5) is 0 Å². The summed E-state index contributed by atoms with van der Waals surface area (Å²) in [4.78, 5) is 44.9. The normalized spacial score (nSPS) is 17.8. The molecule has 47 heavy (non-hydrogen) atoms. The highest BCUT2D eigenvalue weighted by Gasteiger charge is 2.39. The number of carbonyl (C=O) groups is 4. The molecule has 3 aromatic rings. The monoisotopic (exact) mass is 636 g/mol. The molecule has 0 spiro atoms. The first-order chi connectivity index (χ1) is 22.3. The molecule has 0 saturated heterocycles. The number of hydrogen-bond donors (Lipinski definition) is 1.